The van der Waals surface area contributed by atoms with E-state index < -0.39 is 12.7 Å². The van der Waals surface area contributed by atoms with Gasteiger partial charge < -0.3 is 25.2 Å². The van der Waals surface area contributed by atoms with Crippen LogP contribution in [0, 0.1) is 0 Å². The molecule has 0 saturated carbocycles. The summed E-state index contributed by atoms with van der Waals surface area (Å²) < 4.78 is 48.4. The first kappa shape index (κ1) is 26.8. The van der Waals surface area contributed by atoms with E-state index in [0.29, 0.717) is 70.2 Å². The van der Waals surface area contributed by atoms with E-state index in [1.807, 2.05) is 21.6 Å². The minimum Gasteiger partial charge on any atom is -0.378 e. The number of anilines is 3. The molecule has 210 valence electrons. The van der Waals surface area contributed by atoms with Gasteiger partial charge in [0.25, 0.3) is 0 Å². The van der Waals surface area contributed by atoms with Crippen LogP contribution in [0.25, 0.3) is 22.6 Å². The highest BCUT2D eigenvalue weighted by Crippen LogP contribution is 2.34. The summed E-state index contributed by atoms with van der Waals surface area (Å²) in [7, 11) is 0. The van der Waals surface area contributed by atoms with Gasteiger partial charge in [-0.3, -0.25) is 9.36 Å². The summed E-state index contributed by atoms with van der Waals surface area (Å²) in [6, 6.07) is -0.141. The first-order valence-corrected chi connectivity index (χ1v) is 13.0. The van der Waals surface area contributed by atoms with Crippen LogP contribution in [0.1, 0.15) is 26.7 Å². The second kappa shape index (κ2) is 10.8. The van der Waals surface area contributed by atoms with E-state index in [9.17, 15) is 18.0 Å². The van der Waals surface area contributed by atoms with Crippen molar-refractivity contribution in [3.63, 3.8) is 0 Å². The van der Waals surface area contributed by atoms with Gasteiger partial charge in [-0.2, -0.15) is 13.2 Å². The van der Waals surface area contributed by atoms with E-state index in [4.69, 9.17) is 20.4 Å². The molecule has 12 nitrogen and oxygen atoms in total. The maximum atomic E-state index is 13.9. The summed E-state index contributed by atoms with van der Waals surface area (Å²) in [6.07, 6.45) is -0.607. The van der Waals surface area contributed by atoms with E-state index in [2.05, 4.69) is 15.0 Å². The molecule has 0 bridgehead atoms. The molecule has 2 aliphatic rings. The number of hydrogen-bond donors (Lipinski definition) is 1. The van der Waals surface area contributed by atoms with Crippen molar-refractivity contribution in [3.8, 4) is 11.4 Å². The van der Waals surface area contributed by atoms with Gasteiger partial charge in [-0.05, 0) is 6.42 Å². The van der Waals surface area contributed by atoms with Gasteiger partial charge in [-0.15, -0.1) is 0 Å². The number of rotatable bonds is 6. The number of ether oxygens (including phenoxy) is 1. The van der Waals surface area contributed by atoms with Gasteiger partial charge in [0.1, 0.15) is 6.54 Å². The fourth-order valence-corrected chi connectivity index (χ4v) is 5.04. The quantitative estimate of drug-likeness (QED) is 0.489. The topological polar surface area (TPSA) is 131 Å². The molecule has 1 atom stereocenters. The summed E-state index contributed by atoms with van der Waals surface area (Å²) in [4.78, 5) is 40.0. The highest BCUT2D eigenvalue weighted by atomic mass is 19.4. The third-order valence-electron chi connectivity index (χ3n) is 6.99. The van der Waals surface area contributed by atoms with Gasteiger partial charge in [0.05, 0.1) is 18.8 Å². The second-order valence-corrected chi connectivity index (χ2v) is 9.53. The lowest BCUT2D eigenvalue weighted by Gasteiger charge is -2.41. The zero-order valence-corrected chi connectivity index (χ0v) is 21.9. The minimum atomic E-state index is -4.53. The SMILES string of the molecule is CCC(=O)N1CCN(c2nc3c(N4CCOCC4)nc(-c4cnc(N)nc4)nc3n2CC(F)(F)F)C[C@H]1CC. The zero-order chi connectivity index (χ0) is 27.7. The molecule has 0 aliphatic carbocycles. The molecule has 15 heteroatoms. The maximum Gasteiger partial charge on any atom is 0.406 e. The largest absolute Gasteiger partial charge is 0.406 e. The molecular weight excluding hydrogens is 517 g/mol. The Hall–Kier alpha value is -3.75. The Kier molecular flexibility index (Phi) is 7.42. The van der Waals surface area contributed by atoms with E-state index in [-0.39, 0.29) is 40.8 Å². The van der Waals surface area contributed by atoms with Gasteiger partial charge in [-0.25, -0.2) is 24.9 Å². The second-order valence-electron chi connectivity index (χ2n) is 9.53. The van der Waals surface area contributed by atoms with Crippen LogP contribution in [0.2, 0.25) is 0 Å². The number of hydrogen-bond acceptors (Lipinski definition) is 10. The van der Waals surface area contributed by atoms with Crippen LogP contribution in [-0.2, 0) is 16.1 Å². The van der Waals surface area contributed by atoms with Crippen molar-refractivity contribution in [2.75, 3.05) is 61.5 Å². The minimum absolute atomic E-state index is 0.0288. The Morgan fingerprint density at radius 3 is 2.41 bits per heavy atom. The lowest BCUT2D eigenvalue weighted by Crippen LogP contribution is -2.55. The van der Waals surface area contributed by atoms with Crippen molar-refractivity contribution >= 4 is 34.8 Å². The molecule has 0 aromatic carbocycles. The van der Waals surface area contributed by atoms with Crippen LogP contribution in [0.4, 0.5) is 30.9 Å². The van der Waals surface area contributed by atoms with Crippen LogP contribution in [0.15, 0.2) is 12.4 Å². The smallest absolute Gasteiger partial charge is 0.378 e. The molecule has 3 aromatic rings. The number of carbonyl (C=O) groups is 1. The predicted octanol–water partition coefficient (Wildman–Crippen LogP) is 2.10. The molecular formula is C24H31F3N10O2. The number of nitrogen functional groups attached to an aromatic ring is 1. The Labute approximate surface area is 223 Å². The summed E-state index contributed by atoms with van der Waals surface area (Å²) in [5, 5.41) is 0. The maximum absolute atomic E-state index is 13.9. The van der Waals surface area contributed by atoms with Crippen molar-refractivity contribution in [1.82, 2.24) is 34.4 Å². The molecule has 1 amide bonds. The monoisotopic (exact) mass is 548 g/mol. The van der Waals surface area contributed by atoms with Crippen molar-refractivity contribution in [3.05, 3.63) is 12.4 Å². The lowest BCUT2D eigenvalue weighted by molar-refractivity contribution is -0.139. The summed E-state index contributed by atoms with van der Waals surface area (Å²) in [5.41, 5.74) is 6.38. The number of amides is 1. The van der Waals surface area contributed by atoms with Gasteiger partial charge >= 0.3 is 6.18 Å². The zero-order valence-electron chi connectivity index (χ0n) is 21.9. The Morgan fingerprint density at radius 2 is 1.77 bits per heavy atom. The molecule has 2 saturated heterocycles. The number of piperazine rings is 1. The van der Waals surface area contributed by atoms with E-state index in [1.165, 1.54) is 12.4 Å². The van der Waals surface area contributed by atoms with Gasteiger partial charge in [0.15, 0.2) is 22.8 Å². The first-order valence-electron chi connectivity index (χ1n) is 13.0. The molecule has 0 radical (unpaired) electrons. The number of fused-ring (bicyclic) bond motifs is 1. The normalized spacial score (nSPS) is 18.7. The summed E-state index contributed by atoms with van der Waals surface area (Å²) in [6.45, 7) is 5.51. The summed E-state index contributed by atoms with van der Waals surface area (Å²) >= 11 is 0. The molecule has 5 heterocycles. The Bertz CT molecular complexity index is 1320. The standard InChI is InChI=1S/C24H31F3N10O2/c1-3-16-13-35(5-6-36(16)17(38)4-2)23-31-18-20(34-7-9-39-10-8-34)32-19(15-11-29-22(28)30-12-15)33-21(18)37(23)14-24(25,26)27/h11-12,16H,3-10,13-14H2,1-2H3,(H2,28,29,30)/t16-/m1/s1. The molecule has 2 fully saturated rings. The number of imidazole rings is 1. The van der Waals surface area contributed by atoms with Crippen LogP contribution in [0.5, 0.6) is 0 Å². The van der Waals surface area contributed by atoms with E-state index >= 15 is 0 Å². The number of alkyl halides is 3. The number of carbonyl (C=O) groups excluding carboxylic acids is 1. The van der Waals surface area contributed by atoms with Crippen LogP contribution < -0.4 is 15.5 Å². The third kappa shape index (κ3) is 5.53. The van der Waals surface area contributed by atoms with Gasteiger partial charge in [-0.1, -0.05) is 13.8 Å². The highest BCUT2D eigenvalue weighted by molar-refractivity contribution is 5.88. The Morgan fingerprint density at radius 1 is 1.05 bits per heavy atom. The van der Waals surface area contributed by atoms with Crippen molar-refractivity contribution in [2.24, 2.45) is 0 Å². The van der Waals surface area contributed by atoms with E-state index in [0.717, 1.165) is 4.57 Å². The van der Waals surface area contributed by atoms with Crippen molar-refractivity contribution in [2.45, 2.75) is 45.5 Å². The lowest BCUT2D eigenvalue weighted by atomic mass is 10.1. The van der Waals surface area contributed by atoms with Crippen molar-refractivity contribution < 1.29 is 22.7 Å². The molecule has 0 unspecified atom stereocenters. The number of aromatic nitrogens is 6. The Balaban J connectivity index is 1.66. The molecule has 3 aromatic heterocycles. The van der Waals surface area contributed by atoms with Gasteiger partial charge in [0.2, 0.25) is 17.8 Å². The fourth-order valence-electron chi connectivity index (χ4n) is 5.04. The van der Waals surface area contributed by atoms with Crippen LogP contribution >= 0.6 is 0 Å². The number of morpholine rings is 1. The third-order valence-corrected chi connectivity index (χ3v) is 6.99. The molecule has 39 heavy (non-hydrogen) atoms. The first-order chi connectivity index (χ1) is 18.7. The summed E-state index contributed by atoms with van der Waals surface area (Å²) in [5.74, 6) is 0.830. The number of nitrogens with two attached hydrogens (primary N) is 1. The highest BCUT2D eigenvalue weighted by Gasteiger charge is 2.36. The molecule has 0 spiro atoms. The number of halogens is 3. The molecule has 2 aliphatic heterocycles. The molecule has 2 N–H and O–H groups in total. The predicted molar refractivity (Wildman–Crippen MR) is 138 cm³/mol. The van der Waals surface area contributed by atoms with E-state index in [1.54, 1.807) is 6.92 Å². The van der Waals surface area contributed by atoms with Crippen LogP contribution in [0.3, 0.4) is 0 Å². The average molecular weight is 549 g/mol. The number of nitrogens with zero attached hydrogens (tertiary/aromatic N) is 9. The fraction of sp³-hybridized carbons (Fsp3) is 0.583. The van der Waals surface area contributed by atoms with Crippen LogP contribution in [-0.4, -0.2) is 98.4 Å². The van der Waals surface area contributed by atoms with Crippen molar-refractivity contribution in [1.29, 1.82) is 0 Å². The average Bonchev–Trinajstić information content (AvgIpc) is 3.29. The molecule has 5 rings (SSSR count). The van der Waals surface area contributed by atoms with Gasteiger partial charge in [0, 0.05) is 57.6 Å².